The van der Waals surface area contributed by atoms with Gasteiger partial charge in [0.15, 0.2) is 0 Å². The molecule has 2 rings (SSSR count). The molecule has 0 aromatic heterocycles. The number of hydrogen-bond acceptors (Lipinski definition) is 2. The number of hydrogen-bond donors (Lipinski definition) is 2. The molecule has 0 aliphatic carbocycles. The summed E-state index contributed by atoms with van der Waals surface area (Å²) in [5.74, 6) is 1.62. The quantitative estimate of drug-likeness (QED) is 0.738. The zero-order chi connectivity index (χ0) is 15.6. The fourth-order valence-corrected chi connectivity index (χ4v) is 1.91. The molecule has 114 valence electrons. The first-order chi connectivity index (χ1) is 10.7. The number of amides is 1. The molecule has 0 radical (unpaired) electrons. The standard InChI is InChI=1S/C18H19NO3/c20-18(21)19-14-6-2-3-7-15-10-12-17(13-11-15)22-16-8-4-1-5-9-16/h1,3-5,7-13,19H,2,6,14H2,(H,20,21). The second-order valence-corrected chi connectivity index (χ2v) is 4.76. The molecule has 2 aromatic carbocycles. The Balaban J connectivity index is 1.78. The smallest absolute Gasteiger partial charge is 0.404 e. The van der Waals surface area contributed by atoms with E-state index in [1.807, 2.05) is 66.7 Å². The van der Waals surface area contributed by atoms with Crippen LogP contribution in [0.1, 0.15) is 18.4 Å². The third kappa shape index (κ3) is 5.71. The maximum Gasteiger partial charge on any atom is 0.404 e. The van der Waals surface area contributed by atoms with Crippen LogP contribution in [-0.2, 0) is 0 Å². The Labute approximate surface area is 130 Å². The highest BCUT2D eigenvalue weighted by Crippen LogP contribution is 2.21. The number of ether oxygens (including phenoxy) is 1. The van der Waals surface area contributed by atoms with Gasteiger partial charge in [0.05, 0.1) is 0 Å². The summed E-state index contributed by atoms with van der Waals surface area (Å²) in [7, 11) is 0. The van der Waals surface area contributed by atoms with Crippen LogP contribution in [-0.4, -0.2) is 17.7 Å². The second-order valence-electron chi connectivity index (χ2n) is 4.76. The van der Waals surface area contributed by atoms with Crippen LogP contribution in [0.5, 0.6) is 11.5 Å². The second kappa shape index (κ2) is 8.52. The van der Waals surface area contributed by atoms with E-state index in [9.17, 15) is 4.79 Å². The van der Waals surface area contributed by atoms with E-state index < -0.39 is 6.09 Å². The molecule has 0 atom stereocenters. The van der Waals surface area contributed by atoms with Crippen LogP contribution < -0.4 is 10.1 Å². The van der Waals surface area contributed by atoms with Gasteiger partial charge < -0.3 is 15.2 Å². The van der Waals surface area contributed by atoms with Crippen molar-refractivity contribution in [3.63, 3.8) is 0 Å². The number of allylic oxidation sites excluding steroid dienone is 1. The summed E-state index contributed by atoms with van der Waals surface area (Å²) in [5.41, 5.74) is 1.09. The Morgan fingerprint density at radius 2 is 1.73 bits per heavy atom. The van der Waals surface area contributed by atoms with E-state index in [1.54, 1.807) is 0 Å². The van der Waals surface area contributed by atoms with E-state index in [0.29, 0.717) is 6.54 Å². The van der Waals surface area contributed by atoms with Crippen molar-refractivity contribution in [1.29, 1.82) is 0 Å². The highest BCUT2D eigenvalue weighted by molar-refractivity contribution is 5.64. The zero-order valence-corrected chi connectivity index (χ0v) is 12.2. The maximum absolute atomic E-state index is 10.3. The topological polar surface area (TPSA) is 58.6 Å². The molecule has 0 saturated carbocycles. The predicted octanol–water partition coefficient (Wildman–Crippen LogP) is 4.54. The van der Waals surface area contributed by atoms with Crippen LogP contribution >= 0.6 is 0 Å². The molecule has 4 nitrogen and oxygen atoms in total. The summed E-state index contributed by atoms with van der Waals surface area (Å²) in [5, 5.41) is 10.8. The molecule has 1 amide bonds. The minimum atomic E-state index is -0.974. The van der Waals surface area contributed by atoms with Crippen molar-refractivity contribution in [3.8, 4) is 11.5 Å². The van der Waals surface area contributed by atoms with E-state index in [-0.39, 0.29) is 0 Å². The lowest BCUT2D eigenvalue weighted by atomic mass is 10.2. The number of unbranched alkanes of at least 4 members (excludes halogenated alkanes) is 1. The molecule has 2 aromatic rings. The van der Waals surface area contributed by atoms with Crippen molar-refractivity contribution in [3.05, 3.63) is 66.2 Å². The third-order valence-electron chi connectivity index (χ3n) is 2.99. The van der Waals surface area contributed by atoms with Gasteiger partial charge in [0.1, 0.15) is 11.5 Å². The van der Waals surface area contributed by atoms with Crippen LogP contribution in [0.4, 0.5) is 4.79 Å². The number of benzene rings is 2. The van der Waals surface area contributed by atoms with Gasteiger partial charge in [0.25, 0.3) is 0 Å². The van der Waals surface area contributed by atoms with Gasteiger partial charge in [-0.05, 0) is 42.7 Å². The molecular weight excluding hydrogens is 278 g/mol. The Hall–Kier alpha value is -2.75. The van der Waals surface area contributed by atoms with Crippen molar-refractivity contribution in [2.75, 3.05) is 6.54 Å². The van der Waals surface area contributed by atoms with Gasteiger partial charge in [-0.1, -0.05) is 42.5 Å². The molecule has 0 aliphatic rings. The summed E-state index contributed by atoms with van der Waals surface area (Å²) in [6.07, 6.45) is 4.71. The molecule has 0 saturated heterocycles. The molecule has 0 heterocycles. The number of carbonyl (C=O) groups is 1. The Morgan fingerprint density at radius 1 is 1.05 bits per heavy atom. The fourth-order valence-electron chi connectivity index (χ4n) is 1.91. The summed E-state index contributed by atoms with van der Waals surface area (Å²) in [6, 6.07) is 17.5. The van der Waals surface area contributed by atoms with Crippen molar-refractivity contribution in [2.24, 2.45) is 0 Å². The van der Waals surface area contributed by atoms with Crippen molar-refractivity contribution in [2.45, 2.75) is 12.8 Å². The van der Waals surface area contributed by atoms with Gasteiger partial charge in [-0.2, -0.15) is 0 Å². The minimum Gasteiger partial charge on any atom is -0.465 e. The normalized spacial score (nSPS) is 10.5. The summed E-state index contributed by atoms with van der Waals surface area (Å²) >= 11 is 0. The number of carboxylic acid groups (broad SMARTS) is 1. The molecule has 0 unspecified atom stereocenters. The average molecular weight is 297 g/mol. The van der Waals surface area contributed by atoms with Crippen LogP contribution in [0.3, 0.4) is 0 Å². The van der Waals surface area contributed by atoms with Crippen molar-refractivity contribution >= 4 is 12.2 Å². The van der Waals surface area contributed by atoms with Crippen LogP contribution in [0.25, 0.3) is 6.08 Å². The SMILES string of the molecule is O=C(O)NCCCC=Cc1ccc(Oc2ccccc2)cc1. The Bertz CT molecular complexity index is 606. The largest absolute Gasteiger partial charge is 0.465 e. The van der Waals surface area contributed by atoms with E-state index in [1.165, 1.54) is 0 Å². The van der Waals surface area contributed by atoms with Crippen LogP contribution in [0.15, 0.2) is 60.7 Å². The van der Waals surface area contributed by atoms with Crippen molar-refractivity contribution < 1.29 is 14.6 Å². The molecule has 0 bridgehead atoms. The van der Waals surface area contributed by atoms with E-state index in [4.69, 9.17) is 9.84 Å². The van der Waals surface area contributed by atoms with Gasteiger partial charge >= 0.3 is 6.09 Å². The first-order valence-corrected chi connectivity index (χ1v) is 7.20. The monoisotopic (exact) mass is 297 g/mol. The molecule has 0 spiro atoms. The Kier molecular flexibility index (Phi) is 6.05. The summed E-state index contributed by atoms with van der Waals surface area (Å²) in [4.78, 5) is 10.3. The minimum absolute atomic E-state index is 0.476. The lowest BCUT2D eigenvalue weighted by molar-refractivity contribution is 0.194. The van der Waals surface area contributed by atoms with Gasteiger partial charge in [-0.15, -0.1) is 0 Å². The molecular formula is C18H19NO3. The van der Waals surface area contributed by atoms with Gasteiger partial charge in [0, 0.05) is 6.54 Å². The van der Waals surface area contributed by atoms with E-state index >= 15 is 0 Å². The summed E-state index contributed by atoms with van der Waals surface area (Å²) < 4.78 is 5.73. The lowest BCUT2D eigenvalue weighted by Crippen LogP contribution is -2.21. The third-order valence-corrected chi connectivity index (χ3v) is 2.99. The zero-order valence-electron chi connectivity index (χ0n) is 12.2. The van der Waals surface area contributed by atoms with Crippen LogP contribution in [0.2, 0.25) is 0 Å². The van der Waals surface area contributed by atoms with E-state index in [0.717, 1.165) is 29.9 Å². The van der Waals surface area contributed by atoms with E-state index in [2.05, 4.69) is 5.32 Å². The highest BCUT2D eigenvalue weighted by atomic mass is 16.5. The maximum atomic E-state index is 10.3. The first kappa shape index (κ1) is 15.6. The molecule has 0 fully saturated rings. The number of rotatable bonds is 7. The Morgan fingerprint density at radius 3 is 2.41 bits per heavy atom. The summed E-state index contributed by atoms with van der Waals surface area (Å²) in [6.45, 7) is 0.476. The molecule has 0 aliphatic heterocycles. The van der Waals surface area contributed by atoms with Gasteiger partial charge in [-0.25, -0.2) is 4.79 Å². The lowest BCUT2D eigenvalue weighted by Gasteiger charge is -2.05. The van der Waals surface area contributed by atoms with Gasteiger partial charge in [0.2, 0.25) is 0 Å². The highest BCUT2D eigenvalue weighted by Gasteiger charge is 1.96. The van der Waals surface area contributed by atoms with Crippen molar-refractivity contribution in [1.82, 2.24) is 5.32 Å². The molecule has 4 heteroatoms. The predicted molar refractivity (Wildman–Crippen MR) is 87.3 cm³/mol. The molecule has 2 N–H and O–H groups in total. The number of nitrogens with one attached hydrogen (secondary N) is 1. The average Bonchev–Trinajstić information content (AvgIpc) is 2.53. The van der Waals surface area contributed by atoms with Crippen LogP contribution in [0, 0.1) is 0 Å². The number of para-hydroxylation sites is 1. The van der Waals surface area contributed by atoms with Gasteiger partial charge in [-0.3, -0.25) is 0 Å². The fraction of sp³-hybridized carbons (Fsp3) is 0.167. The molecule has 22 heavy (non-hydrogen) atoms. The first-order valence-electron chi connectivity index (χ1n) is 7.20.